The minimum absolute atomic E-state index is 0.0682. The summed E-state index contributed by atoms with van der Waals surface area (Å²) in [4.78, 5) is 46.2. The molecule has 20 heavy (non-hydrogen) atoms. The van der Waals surface area contributed by atoms with Gasteiger partial charge in [-0.25, -0.2) is 14.6 Å². The third-order valence-electron chi connectivity index (χ3n) is 1.83. The first-order valence-corrected chi connectivity index (χ1v) is 4.84. The van der Waals surface area contributed by atoms with Crippen LogP contribution in [-0.2, 0) is 19.2 Å². The summed E-state index contributed by atoms with van der Waals surface area (Å²) in [5, 5.41) is 29.3. The summed E-state index contributed by atoms with van der Waals surface area (Å²) in [6, 6.07) is 3.78. The van der Waals surface area contributed by atoms with Gasteiger partial charge in [0.25, 0.3) is 0 Å². The van der Waals surface area contributed by atoms with Gasteiger partial charge < -0.3 is 20.8 Å². The number of nitrogens with one attached hydrogen (secondary N) is 2. The smallest absolute Gasteiger partial charge is 0.394 e. The molecule has 2 amide bonds. The number of nitriles is 1. The third-order valence-corrected chi connectivity index (χ3v) is 1.83. The quantitative estimate of drug-likeness (QED) is 0.499. The van der Waals surface area contributed by atoms with Crippen LogP contribution < -0.4 is 10.6 Å². The number of rotatable bonds is 2. The Labute approximate surface area is 110 Å². The van der Waals surface area contributed by atoms with Crippen molar-refractivity contribution in [1.29, 1.82) is 5.26 Å². The Morgan fingerprint density at radius 1 is 1.00 bits per heavy atom. The van der Waals surface area contributed by atoms with Crippen LogP contribution in [0.25, 0.3) is 0 Å². The number of aliphatic carboxylic acids is 2. The van der Waals surface area contributed by atoms with Crippen molar-refractivity contribution in [2.45, 2.75) is 0 Å². The Morgan fingerprint density at radius 3 is 1.70 bits per heavy atom. The van der Waals surface area contributed by atoms with Gasteiger partial charge in [-0.3, -0.25) is 9.59 Å². The molecule has 10 nitrogen and oxygen atoms in total. The van der Waals surface area contributed by atoms with Crippen LogP contribution in [0.4, 0.5) is 11.6 Å². The lowest BCUT2D eigenvalue weighted by molar-refractivity contribution is -0.147. The lowest BCUT2D eigenvalue weighted by Gasteiger charge is -2.06. The largest absolute Gasteiger partial charge is 0.474 e. The summed E-state index contributed by atoms with van der Waals surface area (Å²) < 4.78 is 0. The van der Waals surface area contributed by atoms with Gasteiger partial charge >= 0.3 is 23.8 Å². The van der Waals surface area contributed by atoms with Crippen molar-refractivity contribution in [3.8, 4) is 6.07 Å². The third kappa shape index (κ3) is 3.77. The number of hydrogen-bond donors (Lipinski definition) is 4. The van der Waals surface area contributed by atoms with E-state index in [0.29, 0.717) is 0 Å². The van der Waals surface area contributed by atoms with Crippen LogP contribution in [0.5, 0.6) is 0 Å². The Balaban J connectivity index is 3.06. The average molecular weight is 278 g/mol. The highest BCUT2D eigenvalue weighted by Gasteiger charge is 2.16. The van der Waals surface area contributed by atoms with Gasteiger partial charge in [0.1, 0.15) is 11.6 Å². The fraction of sp³-hybridized carbons (Fsp3) is 0. The lowest BCUT2D eigenvalue weighted by atomic mass is 10.2. The van der Waals surface area contributed by atoms with Crippen molar-refractivity contribution in [2.75, 3.05) is 10.6 Å². The molecule has 0 saturated heterocycles. The molecule has 0 radical (unpaired) electrons. The number of carbonyl (C=O) groups excluding carboxylic acids is 2. The number of nitrogens with zero attached hydrogens (tertiary/aromatic N) is 2. The van der Waals surface area contributed by atoms with E-state index in [1.807, 2.05) is 10.6 Å². The van der Waals surface area contributed by atoms with Crippen molar-refractivity contribution < 1.29 is 29.4 Å². The van der Waals surface area contributed by atoms with Crippen LogP contribution in [0.2, 0.25) is 0 Å². The van der Waals surface area contributed by atoms with E-state index in [0.717, 1.165) is 12.1 Å². The first-order chi connectivity index (χ1) is 9.33. The van der Waals surface area contributed by atoms with Crippen molar-refractivity contribution in [3.63, 3.8) is 0 Å². The molecular weight excluding hydrogens is 272 g/mol. The molecule has 1 aromatic rings. The minimum Gasteiger partial charge on any atom is -0.474 e. The van der Waals surface area contributed by atoms with Gasteiger partial charge in [-0.05, 0) is 12.1 Å². The minimum atomic E-state index is -1.77. The SMILES string of the molecule is N#Cc1cc(NC(=O)C(=O)O)nc(NC(=O)C(=O)O)c1. The van der Waals surface area contributed by atoms with Crippen molar-refractivity contribution in [1.82, 2.24) is 4.98 Å². The van der Waals surface area contributed by atoms with Gasteiger partial charge in [0.2, 0.25) is 0 Å². The van der Waals surface area contributed by atoms with E-state index in [1.54, 1.807) is 6.07 Å². The van der Waals surface area contributed by atoms with Crippen molar-refractivity contribution in [3.05, 3.63) is 17.7 Å². The van der Waals surface area contributed by atoms with E-state index in [9.17, 15) is 19.2 Å². The number of pyridine rings is 1. The fourth-order valence-electron chi connectivity index (χ4n) is 1.06. The summed E-state index contributed by atoms with van der Waals surface area (Å²) in [5.74, 6) is -6.99. The van der Waals surface area contributed by atoms with E-state index < -0.39 is 23.8 Å². The Morgan fingerprint density at radius 2 is 1.40 bits per heavy atom. The van der Waals surface area contributed by atoms with Gasteiger partial charge in [-0.15, -0.1) is 0 Å². The summed E-state index contributed by atoms with van der Waals surface area (Å²) in [7, 11) is 0. The van der Waals surface area contributed by atoms with Gasteiger partial charge in [0, 0.05) is 0 Å². The topological polar surface area (TPSA) is 169 Å². The molecule has 1 heterocycles. The zero-order valence-corrected chi connectivity index (χ0v) is 9.58. The number of carboxylic acid groups (broad SMARTS) is 2. The van der Waals surface area contributed by atoms with E-state index in [-0.39, 0.29) is 17.2 Å². The maximum Gasteiger partial charge on any atom is 0.394 e. The number of hydrogen-bond acceptors (Lipinski definition) is 6. The molecule has 0 atom stereocenters. The van der Waals surface area contributed by atoms with Gasteiger partial charge in [-0.2, -0.15) is 5.26 Å². The number of carboxylic acids is 2. The first kappa shape index (κ1) is 14.6. The van der Waals surface area contributed by atoms with Crippen molar-refractivity contribution in [2.24, 2.45) is 0 Å². The molecule has 0 saturated carbocycles. The predicted molar refractivity (Wildman–Crippen MR) is 61.5 cm³/mol. The van der Waals surface area contributed by atoms with Crippen LogP contribution in [0, 0.1) is 11.3 Å². The predicted octanol–water partition coefficient (Wildman–Crippen LogP) is -1.00. The molecule has 1 aromatic heterocycles. The average Bonchev–Trinajstić information content (AvgIpc) is 2.37. The first-order valence-electron chi connectivity index (χ1n) is 4.84. The zero-order valence-electron chi connectivity index (χ0n) is 9.58. The Kier molecular flexibility index (Phi) is 4.31. The number of amides is 2. The van der Waals surface area contributed by atoms with E-state index in [4.69, 9.17) is 15.5 Å². The van der Waals surface area contributed by atoms with Gasteiger partial charge in [0.05, 0.1) is 11.6 Å². The van der Waals surface area contributed by atoms with Crippen LogP contribution in [0.3, 0.4) is 0 Å². The summed E-state index contributed by atoms with van der Waals surface area (Å²) in [5.41, 5.74) is -0.0682. The van der Waals surface area contributed by atoms with E-state index >= 15 is 0 Å². The second-order valence-electron chi connectivity index (χ2n) is 3.26. The molecule has 0 fully saturated rings. The van der Waals surface area contributed by atoms with E-state index in [1.165, 1.54) is 0 Å². The van der Waals surface area contributed by atoms with Crippen LogP contribution >= 0.6 is 0 Å². The molecule has 1 rings (SSSR count). The molecule has 10 heteroatoms. The molecule has 0 aliphatic rings. The summed E-state index contributed by atoms with van der Waals surface area (Å²) >= 11 is 0. The Bertz CT molecular complexity index is 601. The molecule has 0 aromatic carbocycles. The number of anilines is 2. The summed E-state index contributed by atoms with van der Waals surface area (Å²) in [6.45, 7) is 0. The van der Waals surface area contributed by atoms with Gasteiger partial charge in [-0.1, -0.05) is 0 Å². The molecule has 0 spiro atoms. The highest BCUT2D eigenvalue weighted by atomic mass is 16.4. The molecule has 0 aliphatic carbocycles. The van der Waals surface area contributed by atoms with Gasteiger partial charge in [0.15, 0.2) is 0 Å². The molecule has 0 bridgehead atoms. The maximum atomic E-state index is 10.9. The molecule has 0 aliphatic heterocycles. The highest BCUT2D eigenvalue weighted by molar-refractivity contribution is 6.37. The number of aromatic nitrogens is 1. The zero-order chi connectivity index (χ0) is 15.3. The molecule has 0 unspecified atom stereocenters. The highest BCUT2D eigenvalue weighted by Crippen LogP contribution is 2.13. The van der Waals surface area contributed by atoms with Crippen molar-refractivity contribution >= 4 is 35.4 Å². The normalized spacial score (nSPS) is 9.15. The Hall–Kier alpha value is -3.48. The monoisotopic (exact) mass is 278 g/mol. The molecular formula is C10H6N4O6. The number of carbonyl (C=O) groups is 4. The maximum absolute atomic E-state index is 10.9. The second kappa shape index (κ2) is 5.91. The second-order valence-corrected chi connectivity index (χ2v) is 3.26. The standard InChI is InChI=1S/C10H6N4O6/c11-3-4-1-5(13-7(15)9(17)18)12-6(2-4)14-8(16)10(19)20/h1-2H,(H,17,18)(H,19,20)(H2,12,13,14,15,16). The van der Waals surface area contributed by atoms with Crippen LogP contribution in [0.1, 0.15) is 5.56 Å². The molecule has 4 N–H and O–H groups in total. The molecule has 102 valence electrons. The van der Waals surface area contributed by atoms with E-state index in [2.05, 4.69) is 4.98 Å². The van der Waals surface area contributed by atoms with Crippen LogP contribution in [0.15, 0.2) is 12.1 Å². The van der Waals surface area contributed by atoms with Crippen LogP contribution in [-0.4, -0.2) is 39.0 Å². The summed E-state index contributed by atoms with van der Waals surface area (Å²) in [6.07, 6.45) is 0. The lowest BCUT2D eigenvalue weighted by Crippen LogP contribution is -2.24. The fourth-order valence-corrected chi connectivity index (χ4v) is 1.06.